The maximum Gasteiger partial charge on any atom is 0.224 e. The molecule has 1 fully saturated rings. The molecule has 5 rings (SSSR count). The van der Waals surface area contributed by atoms with Gasteiger partial charge in [0.25, 0.3) is 0 Å². The number of carbonyl (C=O) groups is 1. The molecule has 0 bridgehead atoms. The van der Waals surface area contributed by atoms with Crippen LogP contribution in [0.25, 0.3) is 5.69 Å². The van der Waals surface area contributed by atoms with Crippen molar-refractivity contribution < 1.29 is 14.6 Å². The predicted octanol–water partition coefficient (Wildman–Crippen LogP) is 5.73. The number of carbonyl (C=O) groups excluding carboxylic acids is 1. The minimum Gasteiger partial charge on any atom is -0.506 e. The van der Waals surface area contributed by atoms with Crippen molar-refractivity contribution in [1.29, 1.82) is 0 Å². The van der Waals surface area contributed by atoms with Crippen LogP contribution in [0.3, 0.4) is 0 Å². The topological polar surface area (TPSA) is 91.7 Å². The molecular weight excluding hydrogens is 510 g/mol. The van der Waals surface area contributed by atoms with Gasteiger partial charge in [-0.3, -0.25) is 9.78 Å². The van der Waals surface area contributed by atoms with E-state index in [2.05, 4.69) is 31.2 Å². The molecule has 4 aromatic rings. The number of rotatable bonds is 7. The van der Waals surface area contributed by atoms with E-state index >= 15 is 0 Å². The Kier molecular flexibility index (Phi) is 7.26. The van der Waals surface area contributed by atoms with Gasteiger partial charge in [-0.15, -0.1) is 0 Å². The highest BCUT2D eigenvalue weighted by Gasteiger charge is 2.42. The van der Waals surface area contributed by atoms with Gasteiger partial charge in [-0.05, 0) is 74.1 Å². The van der Waals surface area contributed by atoms with Crippen molar-refractivity contribution in [3.63, 3.8) is 0 Å². The third-order valence-corrected chi connectivity index (χ3v) is 7.38. The maximum absolute atomic E-state index is 12.1. The van der Waals surface area contributed by atoms with Crippen LogP contribution in [0.4, 0.5) is 11.4 Å². The summed E-state index contributed by atoms with van der Waals surface area (Å²) < 4.78 is 7.71. The van der Waals surface area contributed by atoms with E-state index in [9.17, 15) is 9.90 Å². The molecule has 200 valence electrons. The Morgan fingerprint density at radius 3 is 2.59 bits per heavy atom. The number of anilines is 2. The molecule has 0 saturated carbocycles. The fraction of sp³-hybridized carbons (Fsp3) is 0.233. The van der Waals surface area contributed by atoms with Crippen molar-refractivity contribution in [2.24, 2.45) is 0 Å². The summed E-state index contributed by atoms with van der Waals surface area (Å²) in [5.74, 6) is 0.652. The summed E-state index contributed by atoms with van der Waals surface area (Å²) in [4.78, 5) is 18.8. The Balaban J connectivity index is 1.66. The van der Waals surface area contributed by atoms with Crippen molar-refractivity contribution in [2.45, 2.75) is 39.3 Å². The monoisotopic (exact) mass is 541 g/mol. The van der Waals surface area contributed by atoms with Gasteiger partial charge in [0.1, 0.15) is 11.5 Å². The van der Waals surface area contributed by atoms with Crippen molar-refractivity contribution in [1.82, 2.24) is 14.9 Å². The van der Waals surface area contributed by atoms with Crippen molar-refractivity contribution in [2.75, 3.05) is 17.3 Å². The first-order valence-corrected chi connectivity index (χ1v) is 13.2. The molecule has 0 aliphatic carbocycles. The number of hydrogen-bond acceptors (Lipinski definition) is 5. The minimum absolute atomic E-state index is 0.0934. The number of hydrogen-bond donors (Lipinski definition) is 3. The van der Waals surface area contributed by atoms with Gasteiger partial charge in [-0.25, -0.2) is 0 Å². The molecule has 1 aliphatic heterocycles. The lowest BCUT2D eigenvalue weighted by Gasteiger charge is -2.29. The molecule has 0 unspecified atom stereocenters. The second kappa shape index (κ2) is 10.8. The average molecular weight is 542 g/mol. The number of amides is 1. The normalized spacial score (nSPS) is 16.7. The highest BCUT2D eigenvalue weighted by atomic mass is 32.1. The lowest BCUT2D eigenvalue weighted by Crippen LogP contribution is -2.29. The van der Waals surface area contributed by atoms with Crippen molar-refractivity contribution >= 4 is 34.6 Å². The fourth-order valence-corrected chi connectivity index (χ4v) is 5.58. The fourth-order valence-electron chi connectivity index (χ4n) is 5.23. The number of benzene rings is 2. The summed E-state index contributed by atoms with van der Waals surface area (Å²) in [6.45, 7) is 5.88. The van der Waals surface area contributed by atoms with Crippen LogP contribution >= 0.6 is 12.2 Å². The Morgan fingerprint density at radius 1 is 1.13 bits per heavy atom. The molecule has 0 radical (unpaired) electrons. The third kappa shape index (κ3) is 4.81. The van der Waals surface area contributed by atoms with Crippen LogP contribution in [-0.4, -0.2) is 32.8 Å². The highest BCUT2D eigenvalue weighted by molar-refractivity contribution is 7.80. The van der Waals surface area contributed by atoms with Crippen LogP contribution < -0.4 is 20.3 Å². The molecule has 0 spiro atoms. The molecule has 8 nitrogen and oxygen atoms in total. The number of para-hydroxylation sites is 2. The van der Waals surface area contributed by atoms with E-state index in [1.165, 1.54) is 0 Å². The average Bonchev–Trinajstić information content (AvgIpc) is 3.44. The van der Waals surface area contributed by atoms with Crippen LogP contribution in [-0.2, 0) is 4.79 Å². The predicted molar refractivity (Wildman–Crippen MR) is 157 cm³/mol. The number of aromatic hydroxyl groups is 1. The van der Waals surface area contributed by atoms with Gasteiger partial charge in [0.05, 0.1) is 36.3 Å². The number of nitrogens with zero attached hydrogens (tertiary/aromatic N) is 3. The lowest BCUT2D eigenvalue weighted by molar-refractivity contribution is -0.115. The first kappa shape index (κ1) is 26.2. The van der Waals surface area contributed by atoms with Crippen LogP contribution in [0.15, 0.2) is 72.9 Å². The zero-order chi connectivity index (χ0) is 27.7. The SMILES string of the molecule is CCC(=O)Nc1ccc(N2C(=S)N[C@H](c3ccccn3)[C@H]2c2cc(C)n(-c3ccccc3O)c2C)cc1OC. The molecular formula is C30H31N5O3S. The number of pyridine rings is 1. The van der Waals surface area contributed by atoms with E-state index in [-0.39, 0.29) is 23.7 Å². The Morgan fingerprint density at radius 2 is 1.90 bits per heavy atom. The van der Waals surface area contributed by atoms with Crippen LogP contribution in [0.5, 0.6) is 11.5 Å². The number of ether oxygens (including phenoxy) is 1. The molecule has 1 aliphatic rings. The van der Waals surface area contributed by atoms with E-state index in [1.807, 2.05) is 68.4 Å². The van der Waals surface area contributed by atoms with E-state index in [0.717, 1.165) is 28.3 Å². The molecule has 39 heavy (non-hydrogen) atoms. The summed E-state index contributed by atoms with van der Waals surface area (Å²) in [5.41, 5.74) is 5.99. The number of aryl methyl sites for hydroxylation is 1. The molecule has 3 N–H and O–H groups in total. The quantitative estimate of drug-likeness (QED) is 0.258. The summed E-state index contributed by atoms with van der Waals surface area (Å²) in [6.07, 6.45) is 2.14. The van der Waals surface area contributed by atoms with E-state index in [1.54, 1.807) is 26.3 Å². The molecule has 2 aromatic carbocycles. The van der Waals surface area contributed by atoms with Gasteiger partial charge < -0.3 is 29.9 Å². The standard InChI is InChI=1S/C30H31N5O3S/c1-5-27(37)32-22-14-13-20(17-26(22)38-4)35-29(28(33-30(35)39)23-10-8-9-15-31-23)21-16-18(2)34(19(21)3)24-11-6-7-12-25(24)36/h6-17,28-29,36H,5H2,1-4H3,(H,32,37)(H,33,39)/t28-,29-/m1/s1. The molecule has 2 atom stereocenters. The Labute approximate surface area is 233 Å². The Hall–Kier alpha value is -4.37. The number of aromatic nitrogens is 2. The van der Waals surface area contributed by atoms with Gasteiger partial charge in [0.2, 0.25) is 5.91 Å². The smallest absolute Gasteiger partial charge is 0.224 e. The summed E-state index contributed by atoms with van der Waals surface area (Å²) in [5, 5.41) is 17.6. The second-order valence-electron chi connectivity index (χ2n) is 9.43. The van der Waals surface area contributed by atoms with Gasteiger partial charge in [0, 0.05) is 35.8 Å². The number of nitrogens with one attached hydrogen (secondary N) is 2. The van der Waals surface area contributed by atoms with Crippen molar-refractivity contribution in [3.05, 3.63) is 95.6 Å². The first-order chi connectivity index (χ1) is 18.8. The van der Waals surface area contributed by atoms with Gasteiger partial charge >= 0.3 is 0 Å². The van der Waals surface area contributed by atoms with Crippen LogP contribution in [0.1, 0.15) is 48.1 Å². The summed E-state index contributed by atoms with van der Waals surface area (Å²) in [6, 6.07) is 20.5. The van der Waals surface area contributed by atoms with E-state index in [4.69, 9.17) is 17.0 Å². The molecule has 1 saturated heterocycles. The first-order valence-electron chi connectivity index (χ1n) is 12.8. The number of methoxy groups -OCH3 is 1. The molecule has 9 heteroatoms. The Bertz CT molecular complexity index is 1540. The third-order valence-electron chi connectivity index (χ3n) is 7.07. The molecule has 1 amide bonds. The largest absolute Gasteiger partial charge is 0.506 e. The number of phenolic OH excluding ortho intramolecular Hbond substituents is 1. The lowest BCUT2D eigenvalue weighted by atomic mass is 9.96. The number of phenols is 1. The highest BCUT2D eigenvalue weighted by Crippen LogP contribution is 2.45. The molecule has 3 heterocycles. The van der Waals surface area contributed by atoms with Crippen molar-refractivity contribution in [3.8, 4) is 17.2 Å². The van der Waals surface area contributed by atoms with E-state index < -0.39 is 0 Å². The summed E-state index contributed by atoms with van der Waals surface area (Å²) in [7, 11) is 1.58. The minimum atomic E-state index is -0.251. The molecule has 2 aromatic heterocycles. The van der Waals surface area contributed by atoms with Gasteiger partial charge in [0.15, 0.2) is 5.11 Å². The van der Waals surface area contributed by atoms with Gasteiger partial charge in [-0.2, -0.15) is 0 Å². The zero-order valence-corrected chi connectivity index (χ0v) is 23.1. The second-order valence-corrected chi connectivity index (χ2v) is 9.82. The van der Waals surface area contributed by atoms with E-state index in [0.29, 0.717) is 28.7 Å². The maximum atomic E-state index is 12.1. The number of thiocarbonyl (C=S) groups is 1. The zero-order valence-electron chi connectivity index (χ0n) is 22.3. The summed E-state index contributed by atoms with van der Waals surface area (Å²) >= 11 is 5.90. The van der Waals surface area contributed by atoms with Crippen LogP contribution in [0, 0.1) is 13.8 Å². The van der Waals surface area contributed by atoms with Gasteiger partial charge in [-0.1, -0.05) is 25.1 Å². The van der Waals surface area contributed by atoms with Crippen LogP contribution in [0.2, 0.25) is 0 Å².